The maximum atomic E-state index is 14.3. The van der Waals surface area contributed by atoms with Crippen LogP contribution in [0.1, 0.15) is 5.76 Å². The average Bonchev–Trinajstić information content (AvgIpc) is 3.16. The van der Waals surface area contributed by atoms with Crippen molar-refractivity contribution >= 4 is 57.1 Å². The number of carbonyl (C=O) groups is 1. The summed E-state index contributed by atoms with van der Waals surface area (Å²) in [5.41, 5.74) is 1.72. The first-order valence-electron chi connectivity index (χ1n) is 7.88. The van der Waals surface area contributed by atoms with Crippen LogP contribution in [0.25, 0.3) is 28.2 Å². The molecule has 3 aromatic heterocycles. The summed E-state index contributed by atoms with van der Waals surface area (Å²) in [6.45, 7) is 0. The molecule has 9 heteroatoms. The first kappa shape index (κ1) is 17.6. The summed E-state index contributed by atoms with van der Waals surface area (Å²) in [4.78, 5) is 22.2. The monoisotopic (exact) mass is 400 g/mol. The quantitative estimate of drug-likeness (QED) is 0.532. The van der Waals surface area contributed by atoms with Crippen LogP contribution >= 0.6 is 24.0 Å². The van der Waals surface area contributed by atoms with Gasteiger partial charge in [-0.15, -0.1) is 0 Å². The molecule has 3 aromatic rings. The van der Waals surface area contributed by atoms with Gasteiger partial charge in [-0.05, 0) is 12.1 Å². The summed E-state index contributed by atoms with van der Waals surface area (Å²) in [5, 5.41) is 3.30. The number of furan rings is 1. The van der Waals surface area contributed by atoms with Crippen LogP contribution in [0.15, 0.2) is 40.0 Å². The fourth-order valence-corrected chi connectivity index (χ4v) is 3.74. The van der Waals surface area contributed by atoms with E-state index in [1.54, 1.807) is 49.7 Å². The van der Waals surface area contributed by atoms with Gasteiger partial charge in [0.1, 0.15) is 15.7 Å². The van der Waals surface area contributed by atoms with E-state index >= 15 is 0 Å². The van der Waals surface area contributed by atoms with Crippen molar-refractivity contribution in [3.8, 4) is 11.1 Å². The molecule has 0 aliphatic carbocycles. The molecule has 1 saturated heterocycles. The zero-order valence-corrected chi connectivity index (χ0v) is 15.9. The summed E-state index contributed by atoms with van der Waals surface area (Å²) in [5.74, 6) is 0.0502. The fourth-order valence-electron chi connectivity index (χ4n) is 2.72. The molecule has 4 heterocycles. The van der Waals surface area contributed by atoms with Crippen molar-refractivity contribution in [2.75, 3.05) is 19.0 Å². The van der Waals surface area contributed by atoms with E-state index in [1.165, 1.54) is 17.8 Å². The zero-order valence-electron chi connectivity index (χ0n) is 14.3. The molecule has 0 saturated carbocycles. The molecule has 0 atom stereocenters. The molecule has 136 valence electrons. The third-order valence-electron chi connectivity index (χ3n) is 3.91. The Labute approximate surface area is 163 Å². The van der Waals surface area contributed by atoms with Gasteiger partial charge in [0, 0.05) is 55.3 Å². The van der Waals surface area contributed by atoms with Crippen LogP contribution < -0.4 is 10.2 Å². The SMILES string of the molecule is CN(C)c1ncc(-c2cncc3cc(/C=C4/SC(=S)NC4=O)oc23)cc1F. The Morgan fingerprint density at radius 1 is 1.30 bits per heavy atom. The van der Waals surface area contributed by atoms with Gasteiger partial charge < -0.3 is 14.6 Å². The number of aromatic nitrogens is 2. The number of halogens is 1. The van der Waals surface area contributed by atoms with E-state index in [9.17, 15) is 9.18 Å². The Morgan fingerprint density at radius 2 is 2.11 bits per heavy atom. The molecule has 6 nitrogen and oxygen atoms in total. The largest absolute Gasteiger partial charge is 0.456 e. The number of amides is 1. The van der Waals surface area contributed by atoms with Crippen molar-refractivity contribution < 1.29 is 13.6 Å². The van der Waals surface area contributed by atoms with Gasteiger partial charge in [0.25, 0.3) is 5.91 Å². The van der Waals surface area contributed by atoms with Crippen molar-refractivity contribution in [3.05, 3.63) is 47.2 Å². The lowest BCUT2D eigenvalue weighted by Gasteiger charge is -2.12. The van der Waals surface area contributed by atoms with E-state index in [0.717, 1.165) is 5.39 Å². The topological polar surface area (TPSA) is 71.3 Å². The highest BCUT2D eigenvalue weighted by atomic mass is 32.2. The number of rotatable bonds is 3. The molecule has 1 aliphatic heterocycles. The van der Waals surface area contributed by atoms with Crippen LogP contribution in [0, 0.1) is 5.82 Å². The van der Waals surface area contributed by atoms with Crippen LogP contribution in [-0.2, 0) is 4.79 Å². The van der Waals surface area contributed by atoms with Gasteiger partial charge in [-0.25, -0.2) is 9.37 Å². The van der Waals surface area contributed by atoms with E-state index in [0.29, 0.717) is 31.7 Å². The Morgan fingerprint density at radius 3 is 2.78 bits per heavy atom. The van der Waals surface area contributed by atoms with Gasteiger partial charge in [-0.3, -0.25) is 9.78 Å². The molecule has 4 rings (SSSR count). The third-order valence-corrected chi connectivity index (χ3v) is 5.08. The number of nitrogens with zero attached hydrogens (tertiary/aromatic N) is 3. The average molecular weight is 400 g/mol. The summed E-state index contributed by atoms with van der Waals surface area (Å²) < 4.78 is 20.6. The predicted octanol–water partition coefficient (Wildman–Crippen LogP) is 3.58. The lowest BCUT2D eigenvalue weighted by Crippen LogP contribution is -2.17. The van der Waals surface area contributed by atoms with Crippen molar-refractivity contribution in [3.63, 3.8) is 0 Å². The standard InChI is InChI=1S/C18H13FN4O2S2/c1-23(2)16-13(19)4-9(7-21-16)12-8-20-6-10-3-11(25-15(10)12)5-14-17(24)22-18(26)27-14/h3-8H,1-2H3,(H,22,24,26)/b14-5+. The van der Waals surface area contributed by atoms with E-state index in [1.807, 2.05) is 0 Å². The molecule has 0 bridgehead atoms. The van der Waals surface area contributed by atoms with E-state index in [-0.39, 0.29) is 11.7 Å². The summed E-state index contributed by atoms with van der Waals surface area (Å²) in [6.07, 6.45) is 6.45. The van der Waals surface area contributed by atoms with E-state index in [4.69, 9.17) is 16.6 Å². The number of thiocarbonyl (C=S) groups is 1. The summed E-state index contributed by atoms with van der Waals surface area (Å²) >= 11 is 6.16. The maximum absolute atomic E-state index is 14.3. The van der Waals surface area contributed by atoms with E-state index < -0.39 is 5.82 Å². The molecule has 0 unspecified atom stereocenters. The van der Waals surface area contributed by atoms with Crippen molar-refractivity contribution in [2.24, 2.45) is 0 Å². The molecule has 1 fully saturated rings. The number of hydrogen-bond acceptors (Lipinski definition) is 7. The molecule has 0 radical (unpaired) electrons. The van der Waals surface area contributed by atoms with Crippen LogP contribution in [0.4, 0.5) is 10.2 Å². The van der Waals surface area contributed by atoms with Gasteiger partial charge >= 0.3 is 0 Å². The van der Waals surface area contributed by atoms with Crippen LogP contribution in [-0.4, -0.2) is 34.3 Å². The Kier molecular flexibility index (Phi) is 4.40. The second-order valence-corrected chi connectivity index (χ2v) is 7.75. The third kappa shape index (κ3) is 3.31. The van der Waals surface area contributed by atoms with Gasteiger partial charge in [0.05, 0.1) is 4.91 Å². The second-order valence-electron chi connectivity index (χ2n) is 6.03. The molecule has 0 spiro atoms. The highest BCUT2D eigenvalue weighted by Crippen LogP contribution is 2.33. The number of anilines is 1. The first-order valence-corrected chi connectivity index (χ1v) is 9.10. The van der Waals surface area contributed by atoms with Crippen LogP contribution in [0.2, 0.25) is 0 Å². The number of hydrogen-bond donors (Lipinski definition) is 1. The Bertz CT molecular complexity index is 1120. The Hall–Kier alpha value is -2.78. The normalized spacial score (nSPS) is 15.6. The maximum Gasteiger partial charge on any atom is 0.263 e. The molecular weight excluding hydrogens is 387 g/mol. The molecule has 1 aliphatic rings. The second kappa shape index (κ2) is 6.75. The van der Waals surface area contributed by atoms with Gasteiger partial charge in [-0.2, -0.15) is 0 Å². The molecule has 1 N–H and O–H groups in total. The minimum absolute atomic E-state index is 0.254. The number of fused-ring (bicyclic) bond motifs is 1. The highest BCUT2D eigenvalue weighted by molar-refractivity contribution is 8.26. The van der Waals surface area contributed by atoms with Crippen molar-refractivity contribution in [1.29, 1.82) is 0 Å². The van der Waals surface area contributed by atoms with Gasteiger partial charge in [-0.1, -0.05) is 24.0 Å². The van der Waals surface area contributed by atoms with Crippen LogP contribution in [0.3, 0.4) is 0 Å². The number of nitrogens with one attached hydrogen (secondary N) is 1. The number of thioether (sulfide) groups is 1. The lowest BCUT2D eigenvalue weighted by molar-refractivity contribution is -0.115. The predicted molar refractivity (Wildman–Crippen MR) is 108 cm³/mol. The Balaban J connectivity index is 1.78. The van der Waals surface area contributed by atoms with E-state index in [2.05, 4.69) is 15.3 Å². The van der Waals surface area contributed by atoms with Crippen molar-refractivity contribution in [1.82, 2.24) is 15.3 Å². The minimum Gasteiger partial charge on any atom is -0.456 e. The molecule has 27 heavy (non-hydrogen) atoms. The fraction of sp³-hybridized carbons (Fsp3) is 0.111. The van der Waals surface area contributed by atoms with Gasteiger partial charge in [0.15, 0.2) is 11.6 Å². The molecule has 0 aromatic carbocycles. The minimum atomic E-state index is -0.434. The number of carbonyl (C=O) groups excluding carboxylic acids is 1. The number of pyridine rings is 2. The van der Waals surface area contributed by atoms with Crippen LogP contribution in [0.5, 0.6) is 0 Å². The van der Waals surface area contributed by atoms with Gasteiger partial charge in [0.2, 0.25) is 0 Å². The zero-order chi connectivity index (χ0) is 19.1. The highest BCUT2D eigenvalue weighted by Gasteiger charge is 2.23. The van der Waals surface area contributed by atoms with Crippen molar-refractivity contribution in [2.45, 2.75) is 0 Å². The smallest absolute Gasteiger partial charge is 0.263 e. The summed E-state index contributed by atoms with van der Waals surface area (Å²) in [6, 6.07) is 3.17. The molecule has 1 amide bonds. The first-order chi connectivity index (χ1) is 12.9. The summed E-state index contributed by atoms with van der Waals surface area (Å²) in [7, 11) is 3.45. The molecular formula is C18H13FN4O2S2. The lowest BCUT2D eigenvalue weighted by atomic mass is 10.1.